The highest BCUT2D eigenvalue weighted by Gasteiger charge is 2.40. The third-order valence-electron chi connectivity index (χ3n) is 4.07. The minimum atomic E-state index is -0.243. The van der Waals surface area contributed by atoms with E-state index in [1.165, 1.54) is 8.66 Å². The van der Waals surface area contributed by atoms with Gasteiger partial charge in [-0.2, -0.15) is 0 Å². The molecule has 1 aromatic heterocycles. The van der Waals surface area contributed by atoms with Crippen LogP contribution >= 0.6 is 27.3 Å². The number of rotatable bonds is 3. The van der Waals surface area contributed by atoms with Crippen LogP contribution in [-0.4, -0.2) is 25.0 Å². The van der Waals surface area contributed by atoms with E-state index in [0.29, 0.717) is 12.1 Å². The second-order valence-electron chi connectivity index (χ2n) is 5.41. The Morgan fingerprint density at radius 2 is 2.00 bits per heavy atom. The molecular weight excluding hydrogens is 326 g/mol. The molecule has 1 N–H and O–H groups in total. The third-order valence-corrected chi connectivity index (χ3v) is 5.87. The van der Waals surface area contributed by atoms with Crippen molar-refractivity contribution in [2.75, 3.05) is 13.2 Å². The first-order valence-corrected chi connectivity index (χ1v) is 8.57. The van der Waals surface area contributed by atoms with Gasteiger partial charge in [0.2, 0.25) is 0 Å². The van der Waals surface area contributed by atoms with E-state index in [0.717, 1.165) is 38.9 Å². The van der Waals surface area contributed by atoms with Crippen molar-refractivity contribution >= 4 is 27.3 Å². The van der Waals surface area contributed by atoms with E-state index >= 15 is 0 Å². The summed E-state index contributed by atoms with van der Waals surface area (Å²) in [5, 5.41) is 3.73. The summed E-state index contributed by atoms with van der Waals surface area (Å²) in [6.45, 7) is 3.76. The molecule has 0 radical (unpaired) electrons. The number of thiophene rings is 1. The zero-order valence-electron chi connectivity index (χ0n) is 11.2. The van der Waals surface area contributed by atoms with Gasteiger partial charge in [0, 0.05) is 29.8 Å². The molecule has 3 nitrogen and oxygen atoms in total. The lowest BCUT2D eigenvalue weighted by molar-refractivity contribution is -0.179. The SMILES string of the molecule is C[C@@H](NC1CCC2(CC1)OCCO2)c1ccc(Br)s1. The third kappa shape index (κ3) is 3.22. The lowest BCUT2D eigenvalue weighted by Crippen LogP contribution is -2.42. The van der Waals surface area contributed by atoms with Crippen LogP contribution in [0.3, 0.4) is 0 Å². The van der Waals surface area contributed by atoms with E-state index in [-0.39, 0.29) is 5.79 Å². The molecule has 3 rings (SSSR count). The minimum absolute atomic E-state index is 0.243. The number of nitrogens with one attached hydrogen (secondary N) is 1. The molecule has 1 saturated carbocycles. The lowest BCUT2D eigenvalue weighted by Gasteiger charge is -2.36. The van der Waals surface area contributed by atoms with Crippen LogP contribution in [0.15, 0.2) is 15.9 Å². The average Bonchev–Trinajstić information content (AvgIpc) is 3.02. The summed E-state index contributed by atoms with van der Waals surface area (Å²) < 4.78 is 12.7. The molecule has 0 bridgehead atoms. The van der Waals surface area contributed by atoms with Crippen molar-refractivity contribution in [2.45, 2.75) is 50.5 Å². The monoisotopic (exact) mass is 345 g/mol. The fraction of sp³-hybridized carbons (Fsp3) is 0.714. The second kappa shape index (κ2) is 5.82. The van der Waals surface area contributed by atoms with Gasteiger partial charge in [-0.05, 0) is 47.8 Å². The summed E-state index contributed by atoms with van der Waals surface area (Å²) in [6.07, 6.45) is 4.31. The van der Waals surface area contributed by atoms with Crippen LogP contribution in [-0.2, 0) is 9.47 Å². The highest BCUT2D eigenvalue weighted by atomic mass is 79.9. The Bertz CT molecular complexity index is 421. The van der Waals surface area contributed by atoms with Crippen molar-refractivity contribution in [2.24, 2.45) is 0 Å². The molecule has 1 atom stereocenters. The largest absolute Gasteiger partial charge is 0.348 e. The van der Waals surface area contributed by atoms with Gasteiger partial charge in [0.1, 0.15) is 0 Å². The van der Waals surface area contributed by atoms with Crippen LogP contribution in [0, 0.1) is 0 Å². The minimum Gasteiger partial charge on any atom is -0.348 e. The predicted octanol–water partition coefficient (Wildman–Crippen LogP) is 3.85. The van der Waals surface area contributed by atoms with Gasteiger partial charge in [-0.1, -0.05) is 0 Å². The van der Waals surface area contributed by atoms with Crippen molar-refractivity contribution < 1.29 is 9.47 Å². The van der Waals surface area contributed by atoms with Gasteiger partial charge < -0.3 is 14.8 Å². The molecule has 1 aliphatic carbocycles. The molecule has 1 aromatic rings. The van der Waals surface area contributed by atoms with E-state index in [1.807, 2.05) is 11.3 Å². The predicted molar refractivity (Wildman–Crippen MR) is 80.5 cm³/mol. The summed E-state index contributed by atoms with van der Waals surface area (Å²) in [5.41, 5.74) is 0. The average molecular weight is 346 g/mol. The van der Waals surface area contributed by atoms with Crippen molar-refractivity contribution in [1.29, 1.82) is 0 Å². The highest BCUT2D eigenvalue weighted by Crippen LogP contribution is 2.36. The van der Waals surface area contributed by atoms with Crippen molar-refractivity contribution in [3.63, 3.8) is 0 Å². The molecular formula is C14H20BrNO2S. The zero-order chi connectivity index (χ0) is 13.3. The Morgan fingerprint density at radius 1 is 1.32 bits per heavy atom. The molecule has 2 fully saturated rings. The van der Waals surface area contributed by atoms with Crippen molar-refractivity contribution in [3.05, 3.63) is 20.8 Å². The molecule has 1 aliphatic heterocycles. The lowest BCUT2D eigenvalue weighted by atomic mass is 9.89. The molecule has 0 unspecified atom stereocenters. The van der Waals surface area contributed by atoms with Crippen LogP contribution in [0.1, 0.15) is 43.5 Å². The van der Waals surface area contributed by atoms with Gasteiger partial charge in [0.05, 0.1) is 17.0 Å². The van der Waals surface area contributed by atoms with Gasteiger partial charge in [-0.25, -0.2) is 0 Å². The van der Waals surface area contributed by atoms with Gasteiger partial charge in [-0.15, -0.1) is 11.3 Å². The normalized spacial score (nSPS) is 24.9. The van der Waals surface area contributed by atoms with Gasteiger partial charge >= 0.3 is 0 Å². The quantitative estimate of drug-likeness (QED) is 0.902. The van der Waals surface area contributed by atoms with E-state index in [2.05, 4.69) is 40.3 Å². The summed E-state index contributed by atoms with van der Waals surface area (Å²) in [6, 6.07) is 5.31. The molecule has 2 heterocycles. The highest BCUT2D eigenvalue weighted by molar-refractivity contribution is 9.11. The van der Waals surface area contributed by atoms with Crippen molar-refractivity contribution in [3.8, 4) is 0 Å². The molecule has 5 heteroatoms. The van der Waals surface area contributed by atoms with Crippen LogP contribution in [0.2, 0.25) is 0 Å². The fourth-order valence-electron chi connectivity index (χ4n) is 3.01. The van der Waals surface area contributed by atoms with Crippen LogP contribution in [0.5, 0.6) is 0 Å². The first-order valence-electron chi connectivity index (χ1n) is 6.96. The zero-order valence-corrected chi connectivity index (χ0v) is 13.6. The fourth-order valence-corrected chi connectivity index (χ4v) is 4.44. The smallest absolute Gasteiger partial charge is 0.168 e. The Hall–Kier alpha value is 0.0600. The Balaban J connectivity index is 1.52. The first kappa shape index (κ1) is 14.0. The van der Waals surface area contributed by atoms with Crippen LogP contribution in [0.25, 0.3) is 0 Å². The Morgan fingerprint density at radius 3 is 2.58 bits per heavy atom. The maximum absolute atomic E-state index is 5.77. The van der Waals surface area contributed by atoms with E-state index in [1.54, 1.807) is 0 Å². The summed E-state index contributed by atoms with van der Waals surface area (Å²) in [4.78, 5) is 1.39. The van der Waals surface area contributed by atoms with E-state index < -0.39 is 0 Å². The van der Waals surface area contributed by atoms with Gasteiger partial charge in [-0.3, -0.25) is 0 Å². The number of hydrogen-bond donors (Lipinski definition) is 1. The molecule has 19 heavy (non-hydrogen) atoms. The van der Waals surface area contributed by atoms with E-state index in [4.69, 9.17) is 9.47 Å². The second-order valence-corrected chi connectivity index (χ2v) is 7.91. The summed E-state index contributed by atoms with van der Waals surface area (Å²) >= 11 is 5.33. The van der Waals surface area contributed by atoms with Crippen LogP contribution in [0.4, 0.5) is 0 Å². The number of ether oxygens (including phenoxy) is 2. The Labute approximate surface area is 126 Å². The number of halogens is 1. The Kier molecular flexibility index (Phi) is 4.29. The molecule has 1 saturated heterocycles. The first-order chi connectivity index (χ1) is 9.17. The summed E-state index contributed by atoms with van der Waals surface area (Å²) in [7, 11) is 0. The summed E-state index contributed by atoms with van der Waals surface area (Å²) in [5.74, 6) is -0.243. The van der Waals surface area contributed by atoms with Crippen LogP contribution < -0.4 is 5.32 Å². The molecule has 2 aliphatic rings. The maximum atomic E-state index is 5.77. The van der Waals surface area contributed by atoms with E-state index in [9.17, 15) is 0 Å². The van der Waals surface area contributed by atoms with Gasteiger partial charge in [0.15, 0.2) is 5.79 Å². The molecule has 106 valence electrons. The van der Waals surface area contributed by atoms with Gasteiger partial charge in [0.25, 0.3) is 0 Å². The number of hydrogen-bond acceptors (Lipinski definition) is 4. The maximum Gasteiger partial charge on any atom is 0.168 e. The molecule has 1 spiro atoms. The standard InChI is InChI=1S/C14H20BrNO2S/c1-10(12-2-3-13(15)19-12)16-11-4-6-14(7-5-11)17-8-9-18-14/h2-3,10-11,16H,4-9H2,1H3/t10-/m1/s1. The van der Waals surface area contributed by atoms with Crippen molar-refractivity contribution in [1.82, 2.24) is 5.32 Å². The molecule has 0 aromatic carbocycles. The topological polar surface area (TPSA) is 30.5 Å². The molecule has 0 amide bonds.